The molecule has 0 aliphatic carbocycles. The number of halogens is 8. The van der Waals surface area contributed by atoms with Crippen molar-refractivity contribution in [3.63, 3.8) is 0 Å². The van der Waals surface area contributed by atoms with Gasteiger partial charge in [-0.25, -0.2) is 27.2 Å². The second kappa shape index (κ2) is 22.3. The molecule has 0 amide bonds. The summed E-state index contributed by atoms with van der Waals surface area (Å²) in [5, 5.41) is 17.1. The maximum absolute atomic E-state index is 12.9. The zero-order chi connectivity index (χ0) is 46.7. The standard InChI is InChI=1S/C21H27N2.2C8H4F4O3.C7H7N.Ru/c1-14-9-16(3)20(17(4)10-14)22-7-8-23(13-22)21-18(5)11-15(2)12-19(21)6;2*1-15-8(14)2-3(9)5(11)7(13)6(12)4(2)10;1-2-7-5-3-4-6-8-7;/h9-13H,7-8H2,1-6H3;2*13H,1H3;1,3-6H,2H2;/q-1;;;;+1. The second-order valence-corrected chi connectivity index (χ2v) is 14.3. The van der Waals surface area contributed by atoms with Crippen LogP contribution in [0.5, 0.6) is 11.5 Å². The number of hydrogen-bond donors (Lipinski definition) is 2. The molecule has 0 bridgehead atoms. The summed E-state index contributed by atoms with van der Waals surface area (Å²) in [4.78, 5) is 30.4. The Morgan fingerprint density at radius 1 is 0.645 bits per heavy atom. The predicted molar refractivity (Wildman–Crippen MR) is 213 cm³/mol. The van der Waals surface area contributed by atoms with Gasteiger partial charge in [0.1, 0.15) is 11.1 Å². The van der Waals surface area contributed by atoms with Crippen LogP contribution in [0.15, 0.2) is 48.7 Å². The Balaban J connectivity index is 0.000000232. The van der Waals surface area contributed by atoms with Crippen molar-refractivity contribution in [2.75, 3.05) is 37.1 Å². The number of ether oxygens (including phenoxy) is 2. The molecule has 1 saturated heterocycles. The molecule has 1 fully saturated rings. The first kappa shape index (κ1) is 50.5. The molecule has 0 unspecified atom stereocenters. The van der Waals surface area contributed by atoms with E-state index < -0.39 is 81.1 Å². The number of esters is 2. The molecular weight excluding hydrogens is 920 g/mol. The van der Waals surface area contributed by atoms with Crippen molar-refractivity contribution in [1.29, 1.82) is 0 Å². The zero-order valence-electron chi connectivity index (χ0n) is 34.6. The van der Waals surface area contributed by atoms with Gasteiger partial charge in [0.25, 0.3) is 0 Å². The van der Waals surface area contributed by atoms with E-state index in [1.807, 2.05) is 29.0 Å². The van der Waals surface area contributed by atoms with Gasteiger partial charge in [-0.1, -0.05) is 35.4 Å². The van der Waals surface area contributed by atoms with Gasteiger partial charge in [-0.2, -0.15) is 24.2 Å². The molecule has 2 N–H and O–H groups in total. The quantitative estimate of drug-likeness (QED) is 0.0566. The average molecular weight is 962 g/mol. The van der Waals surface area contributed by atoms with Crippen molar-refractivity contribution in [2.45, 2.75) is 48.0 Å². The number of benzene rings is 4. The van der Waals surface area contributed by atoms with Crippen LogP contribution in [0.2, 0.25) is 0 Å². The fraction of sp³-hybridized carbons (Fsp3) is 0.250. The molecule has 18 heteroatoms. The first-order chi connectivity index (χ1) is 29.1. The zero-order valence-corrected chi connectivity index (χ0v) is 36.4. The van der Waals surface area contributed by atoms with Gasteiger partial charge >= 0.3 is 75.9 Å². The number of aromatic hydroxyl groups is 2. The molecule has 0 saturated carbocycles. The topological polar surface area (TPSA) is 112 Å². The molecule has 0 radical (unpaired) electrons. The number of phenols is 2. The number of nitrogens with zero attached hydrogens (tertiary/aromatic N) is 3. The molecule has 1 aliphatic rings. The van der Waals surface area contributed by atoms with Crippen molar-refractivity contribution in [3.05, 3.63) is 152 Å². The molecule has 5 aromatic rings. The van der Waals surface area contributed by atoms with Crippen molar-refractivity contribution in [1.82, 2.24) is 4.98 Å². The Morgan fingerprint density at radius 2 is 0.984 bits per heavy atom. The first-order valence-electron chi connectivity index (χ1n) is 18.2. The Bertz CT molecular complexity index is 2210. The van der Waals surface area contributed by atoms with Gasteiger partial charge < -0.3 is 29.5 Å². The van der Waals surface area contributed by atoms with Crippen LogP contribution in [0.3, 0.4) is 0 Å². The first-order valence-corrected chi connectivity index (χ1v) is 19.2. The number of anilines is 2. The monoisotopic (exact) mass is 962 g/mol. The van der Waals surface area contributed by atoms with E-state index >= 15 is 0 Å². The van der Waals surface area contributed by atoms with Gasteiger partial charge in [0.05, 0.1) is 14.2 Å². The predicted octanol–water partition coefficient (Wildman–Crippen LogP) is 9.43. The van der Waals surface area contributed by atoms with Crippen LogP contribution in [-0.2, 0) is 33.7 Å². The number of aryl methyl sites for hydroxylation is 6. The van der Waals surface area contributed by atoms with Gasteiger partial charge in [-0.05, 0) is 63.8 Å². The summed E-state index contributed by atoms with van der Waals surface area (Å²) in [7, 11) is 1.56. The fourth-order valence-corrected chi connectivity index (χ4v) is 6.85. The number of carbonyl (C=O) groups is 2. The molecule has 333 valence electrons. The van der Waals surface area contributed by atoms with Gasteiger partial charge in [0, 0.05) is 24.5 Å². The molecule has 9 nitrogen and oxygen atoms in total. The van der Waals surface area contributed by atoms with Crippen LogP contribution < -0.4 is 9.80 Å². The summed E-state index contributed by atoms with van der Waals surface area (Å²) in [6, 6.07) is 15.1. The Kier molecular flexibility index (Phi) is 18.1. The van der Waals surface area contributed by atoms with E-state index in [0.717, 1.165) is 39.4 Å². The molecule has 0 spiro atoms. The van der Waals surface area contributed by atoms with Crippen LogP contribution in [0.4, 0.5) is 46.5 Å². The fourth-order valence-electron chi connectivity index (χ4n) is 6.48. The third kappa shape index (κ3) is 11.7. The van der Waals surface area contributed by atoms with Gasteiger partial charge in [-0.15, -0.1) is 0 Å². The molecular formula is C44H42F8N3O6Ru. The average Bonchev–Trinajstić information content (AvgIpc) is 3.69. The van der Waals surface area contributed by atoms with E-state index in [-0.39, 0.29) is 0 Å². The van der Waals surface area contributed by atoms with Crippen molar-refractivity contribution < 1.29 is 82.2 Å². The minimum absolute atomic E-state index is 0.782. The van der Waals surface area contributed by atoms with Crippen LogP contribution in [0, 0.1) is 94.7 Å². The Hall–Kier alpha value is -5.90. The Morgan fingerprint density at radius 3 is 1.26 bits per heavy atom. The summed E-state index contributed by atoms with van der Waals surface area (Å²) >= 11 is 2.48. The summed E-state index contributed by atoms with van der Waals surface area (Å²) in [6.07, 6.45) is 2.75. The third-order valence-electron chi connectivity index (χ3n) is 8.97. The molecule has 0 atom stereocenters. The number of pyridine rings is 1. The van der Waals surface area contributed by atoms with Crippen LogP contribution in [-0.4, -0.2) is 59.1 Å². The number of phenolic OH excluding ortho intramolecular Hbond substituents is 2. The van der Waals surface area contributed by atoms with Crippen molar-refractivity contribution >= 4 is 27.9 Å². The van der Waals surface area contributed by atoms with Crippen molar-refractivity contribution in [3.8, 4) is 11.5 Å². The third-order valence-corrected chi connectivity index (χ3v) is 9.33. The molecule has 6 rings (SSSR count). The molecule has 62 heavy (non-hydrogen) atoms. The maximum atomic E-state index is 12.9. The second-order valence-electron chi connectivity index (χ2n) is 13.6. The summed E-state index contributed by atoms with van der Waals surface area (Å²) in [6.45, 7) is 17.6. The molecule has 2 heterocycles. The van der Waals surface area contributed by atoms with Gasteiger partial charge in [0.2, 0.25) is 23.3 Å². The number of aromatic nitrogens is 1. The number of carbonyl (C=O) groups excluding carboxylic acids is 2. The van der Waals surface area contributed by atoms with E-state index in [0.29, 0.717) is 0 Å². The van der Waals surface area contributed by atoms with E-state index in [1.165, 1.54) is 44.8 Å². The number of hydrogen-bond acceptors (Lipinski definition) is 9. The summed E-state index contributed by atoms with van der Waals surface area (Å²) in [5.41, 5.74) is 8.91. The SMILES string of the molecule is COC(=O)c1c(F)c(F)c(O)c(F)c1F.COC(=O)c1c(F)c(F)c(O)c(F)c1F.Cc1cc(C)c(N2[CH-]N(c3c(C)cc(C)cc3C)CC2)c(C)c1.[Ru+]=[CH]Cc1ccccn1. The van der Waals surface area contributed by atoms with Gasteiger partial charge in [-0.3, -0.25) is 0 Å². The van der Waals surface area contributed by atoms with Gasteiger partial charge in [0.15, 0.2) is 34.8 Å². The van der Waals surface area contributed by atoms with E-state index in [9.17, 15) is 44.7 Å². The molecule has 1 aromatic heterocycles. The van der Waals surface area contributed by atoms with Crippen LogP contribution in [0.1, 0.15) is 59.8 Å². The Labute approximate surface area is 362 Å². The van der Waals surface area contributed by atoms with E-state index in [1.54, 1.807) is 0 Å². The van der Waals surface area contributed by atoms with E-state index in [2.05, 4.69) is 115 Å². The number of rotatable bonds is 6. The normalized spacial score (nSPS) is 11.7. The summed E-state index contributed by atoms with van der Waals surface area (Å²) < 4.78 is 112. The van der Waals surface area contributed by atoms with Crippen LogP contribution in [0.25, 0.3) is 0 Å². The summed E-state index contributed by atoms with van der Waals surface area (Å²) in [5.74, 6) is -23.0. The van der Waals surface area contributed by atoms with Crippen LogP contribution >= 0.6 is 0 Å². The molecule has 4 aromatic carbocycles. The minimum atomic E-state index is -2.05. The van der Waals surface area contributed by atoms with E-state index in [4.69, 9.17) is 10.2 Å². The molecule has 1 aliphatic heterocycles. The number of methoxy groups -OCH3 is 2. The van der Waals surface area contributed by atoms with Crippen molar-refractivity contribution in [2.24, 2.45) is 0 Å².